The molecule has 2 heterocycles. The number of rotatable bonds is 4. The van der Waals surface area contributed by atoms with Crippen molar-refractivity contribution < 1.29 is 9.53 Å². The molecule has 18 heavy (non-hydrogen) atoms. The third kappa shape index (κ3) is 3.01. The monoisotopic (exact) mass is 240 g/mol. The van der Waals surface area contributed by atoms with Gasteiger partial charge in [-0.25, -0.2) is 4.79 Å². The number of pyridine rings is 2. The van der Waals surface area contributed by atoms with Crippen molar-refractivity contribution in [2.45, 2.75) is 6.61 Å². The molecule has 0 aliphatic carbocycles. The van der Waals surface area contributed by atoms with Gasteiger partial charge in [-0.2, -0.15) is 0 Å². The van der Waals surface area contributed by atoms with Crippen LogP contribution in [-0.4, -0.2) is 15.9 Å². The van der Waals surface area contributed by atoms with Crippen molar-refractivity contribution in [2.75, 3.05) is 0 Å². The normalized spacial score (nSPS) is 9.78. The highest BCUT2D eigenvalue weighted by molar-refractivity contribution is 5.81. The molecule has 0 amide bonds. The van der Waals surface area contributed by atoms with Gasteiger partial charge >= 0.3 is 5.97 Å². The number of aromatic nitrogens is 2. The van der Waals surface area contributed by atoms with E-state index in [1.165, 1.54) is 0 Å². The highest BCUT2D eigenvalue weighted by Crippen LogP contribution is 2.15. The van der Waals surface area contributed by atoms with Crippen molar-refractivity contribution in [3.8, 4) is 11.4 Å². The van der Waals surface area contributed by atoms with Gasteiger partial charge < -0.3 is 4.74 Å². The first-order chi connectivity index (χ1) is 8.79. The summed E-state index contributed by atoms with van der Waals surface area (Å²) < 4.78 is 4.96. The molecule has 0 saturated carbocycles. The maximum absolute atomic E-state index is 11.0. The van der Waals surface area contributed by atoms with E-state index in [-0.39, 0.29) is 6.61 Å². The fourth-order valence-electron chi connectivity index (χ4n) is 1.43. The van der Waals surface area contributed by atoms with Crippen molar-refractivity contribution >= 4 is 5.97 Å². The number of esters is 1. The molecule has 2 aromatic heterocycles. The van der Waals surface area contributed by atoms with Gasteiger partial charge in [-0.05, 0) is 29.8 Å². The van der Waals surface area contributed by atoms with Gasteiger partial charge in [-0.15, -0.1) is 0 Å². The van der Waals surface area contributed by atoms with E-state index >= 15 is 0 Å². The Kier molecular flexibility index (Phi) is 3.81. The van der Waals surface area contributed by atoms with Crippen LogP contribution in [0.1, 0.15) is 5.56 Å². The van der Waals surface area contributed by atoms with Gasteiger partial charge in [0.15, 0.2) is 0 Å². The number of carbonyl (C=O) groups is 1. The zero-order valence-electron chi connectivity index (χ0n) is 9.74. The summed E-state index contributed by atoms with van der Waals surface area (Å²) >= 11 is 0. The lowest BCUT2D eigenvalue weighted by Gasteiger charge is -2.04. The van der Waals surface area contributed by atoms with Gasteiger partial charge in [0, 0.05) is 18.5 Å². The highest BCUT2D eigenvalue weighted by atomic mass is 16.5. The van der Waals surface area contributed by atoms with Gasteiger partial charge in [0.25, 0.3) is 0 Å². The average molecular weight is 240 g/mol. The third-order valence-corrected chi connectivity index (χ3v) is 2.30. The molecular formula is C14H12N2O2. The van der Waals surface area contributed by atoms with Crippen molar-refractivity contribution in [2.24, 2.45) is 0 Å². The van der Waals surface area contributed by atoms with E-state index in [1.54, 1.807) is 18.5 Å². The van der Waals surface area contributed by atoms with Crippen LogP contribution in [0.4, 0.5) is 0 Å². The molecule has 0 aliphatic heterocycles. The summed E-state index contributed by atoms with van der Waals surface area (Å²) in [5.74, 6) is -0.439. The second-order valence-electron chi connectivity index (χ2n) is 3.58. The number of ether oxygens (including phenoxy) is 1. The minimum atomic E-state index is -0.439. The molecule has 0 unspecified atom stereocenters. The molecule has 0 bridgehead atoms. The Morgan fingerprint density at radius 3 is 2.78 bits per heavy atom. The Hall–Kier alpha value is -2.49. The lowest BCUT2D eigenvalue weighted by atomic mass is 10.2. The van der Waals surface area contributed by atoms with Crippen molar-refractivity contribution in [3.63, 3.8) is 0 Å². The van der Waals surface area contributed by atoms with Crippen LogP contribution >= 0.6 is 0 Å². The summed E-state index contributed by atoms with van der Waals surface area (Å²) in [4.78, 5) is 19.4. The Morgan fingerprint density at radius 2 is 2.06 bits per heavy atom. The molecule has 4 nitrogen and oxygen atoms in total. The molecule has 2 rings (SSSR count). The molecule has 2 aromatic rings. The van der Waals surface area contributed by atoms with E-state index < -0.39 is 5.97 Å². The van der Waals surface area contributed by atoms with Crippen LogP contribution in [0, 0.1) is 0 Å². The first-order valence-electron chi connectivity index (χ1n) is 5.45. The summed E-state index contributed by atoms with van der Waals surface area (Å²) in [5, 5.41) is 0. The van der Waals surface area contributed by atoms with Crippen LogP contribution in [0.15, 0.2) is 55.4 Å². The van der Waals surface area contributed by atoms with E-state index in [2.05, 4.69) is 16.5 Å². The Labute approximate surface area is 105 Å². The first kappa shape index (κ1) is 12.0. The highest BCUT2D eigenvalue weighted by Gasteiger charge is 2.03. The molecule has 0 aliphatic rings. The third-order valence-electron chi connectivity index (χ3n) is 2.30. The lowest BCUT2D eigenvalue weighted by molar-refractivity contribution is -0.138. The van der Waals surface area contributed by atoms with Crippen LogP contribution in [-0.2, 0) is 16.1 Å². The van der Waals surface area contributed by atoms with Crippen LogP contribution < -0.4 is 0 Å². The number of hydrogen-bond donors (Lipinski definition) is 0. The Bertz CT molecular complexity index is 553. The van der Waals surface area contributed by atoms with E-state index in [0.717, 1.165) is 23.0 Å². The van der Waals surface area contributed by atoms with Crippen molar-refractivity contribution in [1.29, 1.82) is 0 Å². The van der Waals surface area contributed by atoms with Gasteiger partial charge in [0.1, 0.15) is 6.61 Å². The smallest absolute Gasteiger partial charge is 0.330 e. The average Bonchev–Trinajstić information content (AvgIpc) is 2.46. The largest absolute Gasteiger partial charge is 0.458 e. The van der Waals surface area contributed by atoms with Gasteiger partial charge in [-0.1, -0.05) is 12.6 Å². The van der Waals surface area contributed by atoms with Crippen LogP contribution in [0.5, 0.6) is 0 Å². The minimum Gasteiger partial charge on any atom is -0.458 e. The Balaban J connectivity index is 2.15. The SMILES string of the molecule is C=CC(=O)OCc1ccnc(-c2ccccn2)c1. The molecule has 4 heteroatoms. The maximum Gasteiger partial charge on any atom is 0.330 e. The fourth-order valence-corrected chi connectivity index (χ4v) is 1.43. The van der Waals surface area contributed by atoms with E-state index in [0.29, 0.717) is 0 Å². The molecule has 0 radical (unpaired) electrons. The molecule has 0 saturated heterocycles. The minimum absolute atomic E-state index is 0.202. The second-order valence-corrected chi connectivity index (χ2v) is 3.58. The summed E-state index contributed by atoms with van der Waals surface area (Å²) in [6, 6.07) is 9.26. The molecule has 0 N–H and O–H groups in total. The van der Waals surface area contributed by atoms with Crippen LogP contribution in [0.25, 0.3) is 11.4 Å². The standard InChI is InChI=1S/C14H12N2O2/c1-2-14(17)18-10-11-6-8-16-13(9-11)12-5-3-4-7-15-12/h2-9H,1,10H2. The van der Waals surface area contributed by atoms with E-state index in [4.69, 9.17) is 4.74 Å². The summed E-state index contributed by atoms with van der Waals surface area (Å²) in [6.45, 7) is 3.54. The molecular weight excluding hydrogens is 228 g/mol. The number of nitrogens with zero attached hydrogens (tertiary/aromatic N) is 2. The zero-order chi connectivity index (χ0) is 12.8. The molecule has 0 aromatic carbocycles. The molecule has 0 spiro atoms. The first-order valence-corrected chi connectivity index (χ1v) is 5.45. The van der Waals surface area contributed by atoms with Gasteiger partial charge in [-0.3, -0.25) is 9.97 Å². The molecule has 0 atom stereocenters. The summed E-state index contributed by atoms with van der Waals surface area (Å²) in [7, 11) is 0. The Morgan fingerprint density at radius 1 is 1.22 bits per heavy atom. The number of hydrogen-bond acceptors (Lipinski definition) is 4. The molecule has 90 valence electrons. The second kappa shape index (κ2) is 5.72. The van der Waals surface area contributed by atoms with Crippen LogP contribution in [0.3, 0.4) is 0 Å². The predicted octanol–water partition coefficient (Wildman–Crippen LogP) is 2.37. The van der Waals surface area contributed by atoms with Crippen molar-refractivity contribution in [1.82, 2.24) is 9.97 Å². The molecule has 0 fully saturated rings. The number of carbonyl (C=O) groups excluding carboxylic acids is 1. The topological polar surface area (TPSA) is 52.1 Å². The van der Waals surface area contributed by atoms with Crippen LogP contribution in [0.2, 0.25) is 0 Å². The van der Waals surface area contributed by atoms with E-state index in [9.17, 15) is 4.79 Å². The lowest BCUT2D eigenvalue weighted by Crippen LogP contribution is -2.00. The van der Waals surface area contributed by atoms with Gasteiger partial charge in [0.2, 0.25) is 0 Å². The maximum atomic E-state index is 11.0. The zero-order valence-corrected chi connectivity index (χ0v) is 9.74. The van der Waals surface area contributed by atoms with Crippen molar-refractivity contribution in [3.05, 3.63) is 60.9 Å². The quantitative estimate of drug-likeness (QED) is 0.608. The van der Waals surface area contributed by atoms with E-state index in [1.807, 2.05) is 24.3 Å². The predicted molar refractivity (Wildman–Crippen MR) is 67.5 cm³/mol. The fraction of sp³-hybridized carbons (Fsp3) is 0.0714. The summed E-state index contributed by atoms with van der Waals surface area (Å²) in [6.07, 6.45) is 4.52. The van der Waals surface area contributed by atoms with Gasteiger partial charge in [0.05, 0.1) is 11.4 Å². The summed E-state index contributed by atoms with van der Waals surface area (Å²) in [5.41, 5.74) is 2.40.